The van der Waals surface area contributed by atoms with E-state index < -0.39 is 12.6 Å². The number of anilines is 1. The Balaban J connectivity index is 1.62. The highest BCUT2D eigenvalue weighted by Gasteiger charge is 2.30. The number of Topliss-reactive ketones (excluding diaryl/α,β-unsaturated/α-hetero) is 1. The third-order valence-corrected chi connectivity index (χ3v) is 4.84. The Bertz CT molecular complexity index is 938. The second kappa shape index (κ2) is 8.35. The quantitative estimate of drug-likeness (QED) is 0.385. The first-order valence-corrected chi connectivity index (χ1v) is 9.19. The summed E-state index contributed by atoms with van der Waals surface area (Å²) in [6.07, 6.45) is 0.373. The van der Waals surface area contributed by atoms with Crippen molar-refractivity contribution in [2.45, 2.75) is 12.8 Å². The fraction of sp³-hybridized carbons (Fsp3) is 0.200. The van der Waals surface area contributed by atoms with Crippen molar-refractivity contribution in [1.29, 1.82) is 0 Å². The highest BCUT2D eigenvalue weighted by molar-refractivity contribution is 9.10. The van der Waals surface area contributed by atoms with Gasteiger partial charge in [0.05, 0.1) is 22.8 Å². The molecule has 0 atom stereocenters. The molecule has 0 aromatic heterocycles. The van der Waals surface area contributed by atoms with Crippen LogP contribution in [0, 0.1) is 0 Å². The number of hydrogen-bond donors (Lipinski definition) is 0. The van der Waals surface area contributed by atoms with Gasteiger partial charge in [-0.15, -0.1) is 0 Å². The van der Waals surface area contributed by atoms with E-state index in [1.807, 2.05) is 0 Å². The largest absolute Gasteiger partial charge is 0.496 e. The Morgan fingerprint density at radius 3 is 2.18 bits per heavy atom. The third-order valence-electron chi connectivity index (χ3n) is 4.22. The van der Waals surface area contributed by atoms with Gasteiger partial charge < -0.3 is 9.47 Å². The number of hydrogen-bond acceptors (Lipinski definition) is 6. The molecule has 8 heteroatoms. The van der Waals surface area contributed by atoms with E-state index in [9.17, 15) is 19.2 Å². The van der Waals surface area contributed by atoms with E-state index >= 15 is 0 Å². The van der Waals surface area contributed by atoms with Crippen molar-refractivity contribution in [3.8, 4) is 5.75 Å². The summed E-state index contributed by atoms with van der Waals surface area (Å²) in [5.41, 5.74) is 0.997. The van der Waals surface area contributed by atoms with Gasteiger partial charge in [0.15, 0.2) is 12.4 Å². The van der Waals surface area contributed by atoms with Crippen LogP contribution in [0.25, 0.3) is 0 Å². The van der Waals surface area contributed by atoms with Crippen molar-refractivity contribution in [2.75, 3.05) is 18.6 Å². The standard InChI is InChI=1S/C20H16BrNO6/c1-27-17-7-4-13(10-15(17)21)16(23)11-28-20(26)12-2-5-14(6-3-12)22-18(24)8-9-19(22)25/h2-7,10H,8-9,11H2,1H3. The highest BCUT2D eigenvalue weighted by atomic mass is 79.9. The molecule has 0 radical (unpaired) electrons. The van der Waals surface area contributed by atoms with E-state index in [0.29, 0.717) is 21.5 Å². The van der Waals surface area contributed by atoms with E-state index in [4.69, 9.17) is 9.47 Å². The molecule has 1 heterocycles. The lowest BCUT2D eigenvalue weighted by Gasteiger charge is -2.14. The molecule has 1 aliphatic rings. The fourth-order valence-electron chi connectivity index (χ4n) is 2.75. The van der Waals surface area contributed by atoms with Crippen LogP contribution in [0.2, 0.25) is 0 Å². The predicted molar refractivity (Wildman–Crippen MR) is 103 cm³/mol. The SMILES string of the molecule is COc1ccc(C(=O)COC(=O)c2ccc(N3C(=O)CCC3=O)cc2)cc1Br. The van der Waals surface area contributed by atoms with Gasteiger partial charge in [-0.3, -0.25) is 19.3 Å². The average molecular weight is 446 g/mol. The third kappa shape index (κ3) is 4.12. The number of ether oxygens (including phenoxy) is 2. The lowest BCUT2D eigenvalue weighted by Crippen LogP contribution is -2.28. The van der Waals surface area contributed by atoms with Crippen LogP contribution in [-0.4, -0.2) is 37.3 Å². The molecule has 2 aromatic rings. The van der Waals surface area contributed by atoms with Crippen molar-refractivity contribution < 1.29 is 28.7 Å². The molecule has 0 spiro atoms. The van der Waals surface area contributed by atoms with E-state index in [-0.39, 0.29) is 36.0 Å². The van der Waals surface area contributed by atoms with Gasteiger partial charge in [0, 0.05) is 18.4 Å². The number of imide groups is 1. The molecule has 2 aromatic carbocycles. The highest BCUT2D eigenvalue weighted by Crippen LogP contribution is 2.26. The smallest absolute Gasteiger partial charge is 0.338 e. The van der Waals surface area contributed by atoms with Crippen molar-refractivity contribution in [2.24, 2.45) is 0 Å². The summed E-state index contributed by atoms with van der Waals surface area (Å²) in [5.74, 6) is -0.982. The zero-order valence-electron chi connectivity index (χ0n) is 14.9. The van der Waals surface area contributed by atoms with Crippen LogP contribution in [0.5, 0.6) is 5.75 Å². The molecule has 1 saturated heterocycles. The summed E-state index contributed by atoms with van der Waals surface area (Å²) >= 11 is 3.30. The molecule has 2 amide bonds. The van der Waals surface area contributed by atoms with Crippen LogP contribution in [0.4, 0.5) is 5.69 Å². The molecule has 0 aliphatic carbocycles. The molecular weight excluding hydrogens is 430 g/mol. The molecule has 1 fully saturated rings. The van der Waals surface area contributed by atoms with Gasteiger partial charge in [-0.1, -0.05) is 0 Å². The molecule has 144 valence electrons. The van der Waals surface area contributed by atoms with Gasteiger partial charge >= 0.3 is 5.97 Å². The lowest BCUT2D eigenvalue weighted by molar-refractivity contribution is -0.121. The molecule has 0 N–H and O–H groups in total. The summed E-state index contributed by atoms with van der Waals surface area (Å²) < 4.78 is 10.8. The van der Waals surface area contributed by atoms with Crippen LogP contribution in [-0.2, 0) is 14.3 Å². The van der Waals surface area contributed by atoms with E-state index in [1.54, 1.807) is 18.2 Å². The van der Waals surface area contributed by atoms with E-state index in [0.717, 1.165) is 4.90 Å². The number of rotatable bonds is 6. The number of esters is 1. The maximum absolute atomic E-state index is 12.2. The Labute approximate surface area is 169 Å². The van der Waals surface area contributed by atoms with Crippen molar-refractivity contribution >= 4 is 45.2 Å². The monoisotopic (exact) mass is 445 g/mol. The van der Waals surface area contributed by atoms with Gasteiger partial charge in [0.1, 0.15) is 5.75 Å². The summed E-state index contributed by atoms with van der Waals surface area (Å²) in [7, 11) is 1.52. The van der Waals surface area contributed by atoms with Gasteiger partial charge in [-0.2, -0.15) is 0 Å². The fourth-order valence-corrected chi connectivity index (χ4v) is 3.29. The number of halogens is 1. The topological polar surface area (TPSA) is 90.0 Å². The molecule has 0 bridgehead atoms. The molecule has 1 aliphatic heterocycles. The summed E-state index contributed by atoms with van der Waals surface area (Å²) in [6, 6.07) is 10.7. The van der Waals surface area contributed by atoms with Crippen molar-refractivity contribution in [3.63, 3.8) is 0 Å². The number of nitrogens with zero attached hydrogens (tertiary/aromatic N) is 1. The summed E-state index contributed by atoms with van der Waals surface area (Å²) in [6.45, 7) is -0.414. The maximum atomic E-state index is 12.2. The number of carbonyl (C=O) groups excluding carboxylic acids is 4. The minimum absolute atomic E-state index is 0.187. The first-order chi connectivity index (χ1) is 13.4. The van der Waals surface area contributed by atoms with Crippen LogP contribution < -0.4 is 9.64 Å². The molecule has 0 unspecified atom stereocenters. The predicted octanol–water partition coefficient (Wildman–Crippen LogP) is 3.15. The van der Waals surface area contributed by atoms with Crippen LogP contribution in [0.15, 0.2) is 46.9 Å². The summed E-state index contributed by atoms with van der Waals surface area (Å²) in [4.78, 5) is 49.0. The Hall–Kier alpha value is -3.00. The number of methoxy groups -OCH3 is 1. The molecule has 3 rings (SSSR count). The van der Waals surface area contributed by atoms with Crippen LogP contribution in [0.1, 0.15) is 33.6 Å². The second-order valence-electron chi connectivity index (χ2n) is 6.02. The lowest BCUT2D eigenvalue weighted by atomic mass is 10.1. The first kappa shape index (κ1) is 19.8. The Morgan fingerprint density at radius 1 is 1.00 bits per heavy atom. The number of carbonyl (C=O) groups is 4. The number of ketones is 1. The van der Waals surface area contributed by atoms with Gasteiger partial charge in [0.2, 0.25) is 11.8 Å². The van der Waals surface area contributed by atoms with Gasteiger partial charge in [-0.25, -0.2) is 4.79 Å². The minimum atomic E-state index is -0.674. The average Bonchev–Trinajstić information content (AvgIpc) is 3.04. The van der Waals surface area contributed by atoms with Crippen LogP contribution >= 0.6 is 15.9 Å². The molecule has 0 saturated carbocycles. The molecular formula is C20H16BrNO6. The van der Waals surface area contributed by atoms with Crippen molar-refractivity contribution in [1.82, 2.24) is 0 Å². The zero-order chi connectivity index (χ0) is 20.3. The van der Waals surface area contributed by atoms with Gasteiger partial charge in [-0.05, 0) is 58.4 Å². The normalized spacial score (nSPS) is 13.6. The van der Waals surface area contributed by atoms with Gasteiger partial charge in [0.25, 0.3) is 0 Å². The first-order valence-electron chi connectivity index (χ1n) is 8.40. The second-order valence-corrected chi connectivity index (χ2v) is 6.87. The molecule has 7 nitrogen and oxygen atoms in total. The van der Waals surface area contributed by atoms with Crippen LogP contribution in [0.3, 0.4) is 0 Å². The van der Waals surface area contributed by atoms with Crippen molar-refractivity contribution in [3.05, 3.63) is 58.1 Å². The number of amides is 2. The number of benzene rings is 2. The summed E-state index contributed by atoms with van der Waals surface area (Å²) in [5, 5.41) is 0. The van der Waals surface area contributed by atoms with E-state index in [2.05, 4.69) is 15.9 Å². The maximum Gasteiger partial charge on any atom is 0.338 e. The Kier molecular flexibility index (Phi) is 5.89. The minimum Gasteiger partial charge on any atom is -0.496 e. The zero-order valence-corrected chi connectivity index (χ0v) is 16.5. The Morgan fingerprint density at radius 2 is 1.61 bits per heavy atom. The van der Waals surface area contributed by atoms with E-state index in [1.165, 1.54) is 31.4 Å². The molecule has 28 heavy (non-hydrogen) atoms.